The van der Waals surface area contributed by atoms with Gasteiger partial charge in [0.1, 0.15) is 11.6 Å². The number of fused-ring (bicyclic) bond motifs is 1. The zero-order valence-electron chi connectivity index (χ0n) is 14.2. The standard InChI is InChI=1S/C19H23FN4O/c20-16-4-7-18(8-5-16)25-14-15-3-6-17-13-24(11-10-23(17)12-15)19-2-1-9-21-22-19/h1-2,4-5,7-9,15,17H,3,6,10-14H2. The minimum absolute atomic E-state index is 0.228. The first-order valence-electron chi connectivity index (χ1n) is 8.93. The van der Waals surface area contributed by atoms with Crippen LogP contribution in [0.15, 0.2) is 42.6 Å². The van der Waals surface area contributed by atoms with Gasteiger partial charge in [-0.25, -0.2) is 4.39 Å². The van der Waals surface area contributed by atoms with E-state index in [1.54, 1.807) is 18.3 Å². The number of hydrogen-bond donors (Lipinski definition) is 0. The van der Waals surface area contributed by atoms with Gasteiger partial charge in [-0.1, -0.05) is 0 Å². The first-order chi connectivity index (χ1) is 12.3. The molecule has 5 nitrogen and oxygen atoms in total. The second-order valence-electron chi connectivity index (χ2n) is 6.88. The van der Waals surface area contributed by atoms with Crippen LogP contribution in [0.4, 0.5) is 10.2 Å². The molecule has 2 atom stereocenters. The van der Waals surface area contributed by atoms with Gasteiger partial charge < -0.3 is 9.64 Å². The van der Waals surface area contributed by atoms with Crippen molar-refractivity contribution >= 4 is 5.82 Å². The highest BCUT2D eigenvalue weighted by Crippen LogP contribution is 2.27. The fraction of sp³-hybridized carbons (Fsp3) is 0.474. The molecule has 0 amide bonds. The Hall–Kier alpha value is -2.21. The summed E-state index contributed by atoms with van der Waals surface area (Å²) < 4.78 is 18.8. The molecular weight excluding hydrogens is 319 g/mol. The van der Waals surface area contributed by atoms with Crippen LogP contribution in [0.1, 0.15) is 12.8 Å². The van der Waals surface area contributed by atoms with Crippen LogP contribution in [-0.4, -0.2) is 53.9 Å². The number of piperazine rings is 1. The normalized spacial score (nSPS) is 24.0. The van der Waals surface area contributed by atoms with Gasteiger partial charge in [0, 0.05) is 44.3 Å². The Morgan fingerprint density at radius 3 is 2.76 bits per heavy atom. The van der Waals surface area contributed by atoms with Crippen LogP contribution in [0, 0.1) is 11.7 Å². The molecule has 25 heavy (non-hydrogen) atoms. The predicted octanol–water partition coefficient (Wildman–Crippen LogP) is 2.60. The van der Waals surface area contributed by atoms with E-state index in [1.807, 2.05) is 12.1 Å². The lowest BCUT2D eigenvalue weighted by atomic mass is 9.91. The molecule has 0 saturated carbocycles. The monoisotopic (exact) mass is 342 g/mol. The minimum Gasteiger partial charge on any atom is -0.493 e. The average molecular weight is 342 g/mol. The third kappa shape index (κ3) is 3.90. The predicted molar refractivity (Wildman–Crippen MR) is 94.2 cm³/mol. The summed E-state index contributed by atoms with van der Waals surface area (Å²) in [7, 11) is 0. The molecule has 2 aliphatic rings. The first-order valence-corrected chi connectivity index (χ1v) is 8.93. The second-order valence-corrected chi connectivity index (χ2v) is 6.88. The summed E-state index contributed by atoms with van der Waals surface area (Å²) >= 11 is 0. The van der Waals surface area contributed by atoms with Crippen LogP contribution in [0.25, 0.3) is 0 Å². The van der Waals surface area contributed by atoms with E-state index in [0.717, 1.165) is 44.2 Å². The summed E-state index contributed by atoms with van der Waals surface area (Å²) in [6.45, 7) is 4.82. The van der Waals surface area contributed by atoms with Crippen molar-refractivity contribution in [2.45, 2.75) is 18.9 Å². The van der Waals surface area contributed by atoms with E-state index in [0.29, 0.717) is 18.6 Å². The van der Waals surface area contributed by atoms with Gasteiger partial charge in [-0.15, -0.1) is 5.10 Å². The zero-order valence-corrected chi connectivity index (χ0v) is 14.2. The fourth-order valence-electron chi connectivity index (χ4n) is 3.81. The summed E-state index contributed by atoms with van der Waals surface area (Å²) in [5.41, 5.74) is 0. The Balaban J connectivity index is 1.29. The quantitative estimate of drug-likeness (QED) is 0.854. The lowest BCUT2D eigenvalue weighted by molar-refractivity contribution is 0.0727. The lowest BCUT2D eigenvalue weighted by Gasteiger charge is -2.46. The number of anilines is 1. The van der Waals surface area contributed by atoms with Gasteiger partial charge in [0.15, 0.2) is 5.82 Å². The van der Waals surface area contributed by atoms with Gasteiger partial charge in [0.2, 0.25) is 0 Å². The number of piperidine rings is 1. The minimum atomic E-state index is -0.228. The van der Waals surface area contributed by atoms with Gasteiger partial charge >= 0.3 is 0 Å². The average Bonchev–Trinajstić information content (AvgIpc) is 2.68. The van der Waals surface area contributed by atoms with Crippen LogP contribution in [0.2, 0.25) is 0 Å². The van der Waals surface area contributed by atoms with E-state index in [9.17, 15) is 4.39 Å². The molecule has 1 aromatic carbocycles. The molecule has 2 aliphatic heterocycles. The SMILES string of the molecule is Fc1ccc(OCC2CCC3CN(c4cccnn4)CCN3C2)cc1. The third-order valence-electron chi connectivity index (χ3n) is 5.19. The van der Waals surface area contributed by atoms with E-state index in [-0.39, 0.29) is 5.82 Å². The fourth-order valence-corrected chi connectivity index (χ4v) is 3.81. The number of benzene rings is 1. The van der Waals surface area contributed by atoms with Gasteiger partial charge in [-0.2, -0.15) is 5.10 Å². The van der Waals surface area contributed by atoms with Crippen LogP contribution >= 0.6 is 0 Å². The number of ether oxygens (including phenoxy) is 1. The summed E-state index contributed by atoms with van der Waals surface area (Å²) in [6.07, 6.45) is 4.05. The van der Waals surface area contributed by atoms with Crippen molar-refractivity contribution in [3.63, 3.8) is 0 Å². The smallest absolute Gasteiger partial charge is 0.151 e. The number of nitrogens with zero attached hydrogens (tertiary/aromatic N) is 4. The van der Waals surface area contributed by atoms with Crippen molar-refractivity contribution in [2.75, 3.05) is 37.7 Å². The van der Waals surface area contributed by atoms with Gasteiger partial charge in [0.25, 0.3) is 0 Å². The van der Waals surface area contributed by atoms with Crippen molar-refractivity contribution in [2.24, 2.45) is 5.92 Å². The number of halogens is 1. The summed E-state index contributed by atoms with van der Waals surface area (Å²) in [5.74, 6) is 2.03. The molecular formula is C19H23FN4O. The third-order valence-corrected chi connectivity index (χ3v) is 5.19. The molecule has 2 aromatic rings. The number of hydrogen-bond acceptors (Lipinski definition) is 5. The molecule has 0 spiro atoms. The molecule has 6 heteroatoms. The highest BCUT2D eigenvalue weighted by atomic mass is 19.1. The maximum absolute atomic E-state index is 12.9. The molecule has 2 saturated heterocycles. The zero-order chi connectivity index (χ0) is 17.1. The van der Waals surface area contributed by atoms with Crippen molar-refractivity contribution < 1.29 is 9.13 Å². The summed E-state index contributed by atoms with van der Waals surface area (Å²) in [6, 6.07) is 10.8. The summed E-state index contributed by atoms with van der Waals surface area (Å²) in [5, 5.41) is 8.22. The molecule has 2 unspecified atom stereocenters. The Labute approximate surface area is 147 Å². The van der Waals surface area contributed by atoms with Crippen molar-refractivity contribution in [3.05, 3.63) is 48.4 Å². The van der Waals surface area contributed by atoms with Crippen molar-refractivity contribution in [1.29, 1.82) is 0 Å². The Morgan fingerprint density at radius 1 is 1.08 bits per heavy atom. The molecule has 0 N–H and O–H groups in total. The molecule has 132 valence electrons. The summed E-state index contributed by atoms with van der Waals surface area (Å²) in [4.78, 5) is 4.92. The molecule has 2 fully saturated rings. The van der Waals surface area contributed by atoms with Gasteiger partial charge in [0.05, 0.1) is 6.61 Å². The van der Waals surface area contributed by atoms with E-state index >= 15 is 0 Å². The lowest BCUT2D eigenvalue weighted by Crippen LogP contribution is -2.57. The Bertz CT molecular complexity index is 682. The maximum Gasteiger partial charge on any atom is 0.151 e. The number of aromatic nitrogens is 2. The maximum atomic E-state index is 12.9. The van der Waals surface area contributed by atoms with E-state index in [1.165, 1.54) is 18.6 Å². The van der Waals surface area contributed by atoms with Gasteiger partial charge in [-0.05, 0) is 49.2 Å². The van der Waals surface area contributed by atoms with Crippen LogP contribution in [-0.2, 0) is 0 Å². The molecule has 1 aromatic heterocycles. The Kier molecular flexibility index (Phi) is 4.78. The highest BCUT2D eigenvalue weighted by molar-refractivity contribution is 5.37. The van der Waals surface area contributed by atoms with Crippen LogP contribution < -0.4 is 9.64 Å². The van der Waals surface area contributed by atoms with E-state index in [2.05, 4.69) is 20.0 Å². The van der Waals surface area contributed by atoms with E-state index in [4.69, 9.17) is 4.74 Å². The van der Waals surface area contributed by atoms with Crippen molar-refractivity contribution in [3.8, 4) is 5.75 Å². The molecule has 0 radical (unpaired) electrons. The molecule has 4 rings (SSSR count). The largest absolute Gasteiger partial charge is 0.493 e. The molecule has 0 bridgehead atoms. The van der Waals surface area contributed by atoms with E-state index < -0.39 is 0 Å². The highest BCUT2D eigenvalue weighted by Gasteiger charge is 2.33. The first kappa shape index (κ1) is 16.3. The molecule has 0 aliphatic carbocycles. The van der Waals surface area contributed by atoms with Gasteiger partial charge in [-0.3, -0.25) is 4.90 Å². The number of rotatable bonds is 4. The second kappa shape index (κ2) is 7.35. The topological polar surface area (TPSA) is 41.5 Å². The Morgan fingerprint density at radius 2 is 1.96 bits per heavy atom. The van der Waals surface area contributed by atoms with Crippen molar-refractivity contribution in [1.82, 2.24) is 15.1 Å². The van der Waals surface area contributed by atoms with Crippen LogP contribution in [0.5, 0.6) is 5.75 Å². The van der Waals surface area contributed by atoms with Crippen LogP contribution in [0.3, 0.4) is 0 Å². The molecule has 3 heterocycles.